The van der Waals surface area contributed by atoms with Gasteiger partial charge in [-0.3, -0.25) is 9.59 Å². The average Bonchev–Trinajstić information content (AvgIpc) is 2.37. The molecule has 0 aliphatic heterocycles. The predicted octanol–water partition coefficient (Wildman–Crippen LogP) is 0.0415. The molecule has 7 heteroatoms. The van der Waals surface area contributed by atoms with E-state index in [0.717, 1.165) is 0 Å². The molecule has 0 fully saturated rings. The largest absolute Gasteiger partial charge is 0.355 e. The second-order valence-corrected chi connectivity index (χ2v) is 3.88. The van der Waals surface area contributed by atoms with Crippen molar-refractivity contribution >= 4 is 23.5 Å². The minimum Gasteiger partial charge on any atom is -0.355 e. The molecule has 0 spiro atoms. The molecule has 0 aliphatic rings. The first-order valence-electron chi connectivity index (χ1n) is 5.63. The standard InChI is InChI=1S/C12H16N4O3/c1-7(15-12(13)19)10(17)16-9-5-3-8(4-6-9)11(18)14-2/h3-7H,1-2H3,(H,14,18)(H,16,17)(H3,13,15,19)/t7-/m0/s1. The van der Waals surface area contributed by atoms with Crippen LogP contribution in [0, 0.1) is 0 Å². The lowest BCUT2D eigenvalue weighted by Gasteiger charge is -2.12. The lowest BCUT2D eigenvalue weighted by molar-refractivity contribution is -0.117. The monoisotopic (exact) mass is 264 g/mol. The highest BCUT2D eigenvalue weighted by atomic mass is 16.2. The number of primary amides is 1. The van der Waals surface area contributed by atoms with Gasteiger partial charge in [-0.2, -0.15) is 0 Å². The van der Waals surface area contributed by atoms with Crippen LogP contribution in [0.3, 0.4) is 0 Å². The van der Waals surface area contributed by atoms with E-state index in [1.165, 1.54) is 14.0 Å². The van der Waals surface area contributed by atoms with Crippen molar-refractivity contribution in [3.63, 3.8) is 0 Å². The highest BCUT2D eigenvalue weighted by Gasteiger charge is 2.14. The van der Waals surface area contributed by atoms with E-state index in [1.54, 1.807) is 24.3 Å². The van der Waals surface area contributed by atoms with Crippen LogP contribution in [0.1, 0.15) is 17.3 Å². The molecule has 0 saturated carbocycles. The zero-order valence-corrected chi connectivity index (χ0v) is 10.7. The summed E-state index contributed by atoms with van der Waals surface area (Å²) in [6.45, 7) is 1.51. The molecule has 4 amide bonds. The van der Waals surface area contributed by atoms with Crippen LogP contribution < -0.4 is 21.7 Å². The molecule has 1 rings (SSSR count). The van der Waals surface area contributed by atoms with Crippen LogP contribution in [0.15, 0.2) is 24.3 Å². The Hall–Kier alpha value is -2.57. The molecule has 5 N–H and O–H groups in total. The number of anilines is 1. The third-order valence-electron chi connectivity index (χ3n) is 2.39. The summed E-state index contributed by atoms with van der Waals surface area (Å²) in [4.78, 5) is 33.6. The first-order valence-corrected chi connectivity index (χ1v) is 5.63. The van der Waals surface area contributed by atoms with Crippen LogP contribution in [0.2, 0.25) is 0 Å². The normalized spacial score (nSPS) is 11.3. The maximum absolute atomic E-state index is 11.7. The quantitative estimate of drug-likeness (QED) is 0.615. The van der Waals surface area contributed by atoms with Crippen LogP contribution in [-0.4, -0.2) is 30.9 Å². The van der Waals surface area contributed by atoms with Gasteiger partial charge in [-0.05, 0) is 31.2 Å². The molecule has 0 unspecified atom stereocenters. The lowest BCUT2D eigenvalue weighted by Crippen LogP contribution is -2.44. The second-order valence-electron chi connectivity index (χ2n) is 3.88. The number of rotatable bonds is 4. The molecule has 1 atom stereocenters. The number of nitrogens with two attached hydrogens (primary N) is 1. The summed E-state index contributed by atoms with van der Waals surface area (Å²) in [5.41, 5.74) is 5.93. The van der Waals surface area contributed by atoms with E-state index in [1.807, 2.05) is 0 Å². The van der Waals surface area contributed by atoms with Crippen molar-refractivity contribution < 1.29 is 14.4 Å². The maximum Gasteiger partial charge on any atom is 0.312 e. The van der Waals surface area contributed by atoms with E-state index in [-0.39, 0.29) is 5.91 Å². The van der Waals surface area contributed by atoms with E-state index >= 15 is 0 Å². The molecule has 1 aromatic carbocycles. The average molecular weight is 264 g/mol. The zero-order valence-electron chi connectivity index (χ0n) is 10.7. The Labute approximate surface area is 110 Å². The van der Waals surface area contributed by atoms with Crippen molar-refractivity contribution in [1.29, 1.82) is 0 Å². The van der Waals surface area contributed by atoms with Crippen LogP contribution in [-0.2, 0) is 4.79 Å². The Morgan fingerprint density at radius 2 is 1.74 bits per heavy atom. The zero-order chi connectivity index (χ0) is 14.4. The van der Waals surface area contributed by atoms with Crippen molar-refractivity contribution in [2.75, 3.05) is 12.4 Å². The van der Waals surface area contributed by atoms with Gasteiger partial charge in [0.05, 0.1) is 0 Å². The molecule has 0 radical (unpaired) electrons. The molecule has 0 saturated heterocycles. The lowest BCUT2D eigenvalue weighted by atomic mass is 10.2. The molecule has 0 aliphatic carbocycles. The Kier molecular flexibility index (Phi) is 4.87. The van der Waals surface area contributed by atoms with E-state index in [9.17, 15) is 14.4 Å². The highest BCUT2D eigenvalue weighted by molar-refractivity contribution is 5.98. The summed E-state index contributed by atoms with van der Waals surface area (Å²) in [5.74, 6) is -0.604. The van der Waals surface area contributed by atoms with E-state index < -0.39 is 18.0 Å². The fraction of sp³-hybridized carbons (Fsp3) is 0.250. The topological polar surface area (TPSA) is 113 Å². The Morgan fingerprint density at radius 3 is 2.21 bits per heavy atom. The van der Waals surface area contributed by atoms with Gasteiger partial charge in [-0.25, -0.2) is 4.79 Å². The number of benzene rings is 1. The Morgan fingerprint density at radius 1 is 1.16 bits per heavy atom. The van der Waals surface area contributed by atoms with Crippen molar-refractivity contribution in [1.82, 2.24) is 10.6 Å². The number of hydrogen-bond acceptors (Lipinski definition) is 3. The van der Waals surface area contributed by atoms with Crippen molar-refractivity contribution in [3.05, 3.63) is 29.8 Å². The highest BCUT2D eigenvalue weighted by Crippen LogP contribution is 2.09. The van der Waals surface area contributed by atoms with Crippen molar-refractivity contribution in [3.8, 4) is 0 Å². The summed E-state index contributed by atoms with van der Waals surface area (Å²) < 4.78 is 0. The smallest absolute Gasteiger partial charge is 0.312 e. The van der Waals surface area contributed by atoms with Crippen molar-refractivity contribution in [2.45, 2.75) is 13.0 Å². The van der Waals surface area contributed by atoms with Gasteiger partial charge < -0.3 is 21.7 Å². The summed E-state index contributed by atoms with van der Waals surface area (Å²) in [7, 11) is 1.54. The molecule has 102 valence electrons. The number of carbonyl (C=O) groups excluding carboxylic acids is 3. The number of urea groups is 1. The maximum atomic E-state index is 11.7. The molecule has 0 bridgehead atoms. The minimum absolute atomic E-state index is 0.207. The number of carbonyl (C=O) groups is 3. The summed E-state index contributed by atoms with van der Waals surface area (Å²) in [6.07, 6.45) is 0. The first-order chi connectivity index (χ1) is 8.93. The summed E-state index contributed by atoms with van der Waals surface area (Å²) >= 11 is 0. The second kappa shape index (κ2) is 6.39. The SMILES string of the molecule is CNC(=O)c1ccc(NC(=O)[C@H](C)NC(N)=O)cc1. The van der Waals surface area contributed by atoms with E-state index in [2.05, 4.69) is 16.0 Å². The van der Waals surface area contributed by atoms with Gasteiger partial charge >= 0.3 is 6.03 Å². The van der Waals surface area contributed by atoms with Gasteiger partial charge in [0.15, 0.2) is 0 Å². The molecular formula is C12H16N4O3. The van der Waals surface area contributed by atoms with Crippen LogP contribution in [0.4, 0.5) is 10.5 Å². The summed E-state index contributed by atoms with van der Waals surface area (Å²) in [6, 6.07) is 4.86. The first kappa shape index (κ1) is 14.5. The summed E-state index contributed by atoms with van der Waals surface area (Å²) in [5, 5.41) is 7.35. The van der Waals surface area contributed by atoms with Crippen LogP contribution in [0.5, 0.6) is 0 Å². The third kappa shape index (κ3) is 4.30. The van der Waals surface area contributed by atoms with Gasteiger partial charge in [-0.15, -0.1) is 0 Å². The fourth-order valence-electron chi connectivity index (χ4n) is 1.38. The minimum atomic E-state index is -0.766. The molecule has 1 aromatic rings. The van der Waals surface area contributed by atoms with Gasteiger partial charge in [0.2, 0.25) is 5.91 Å². The number of nitrogens with one attached hydrogen (secondary N) is 3. The molecular weight excluding hydrogens is 248 g/mol. The van der Waals surface area contributed by atoms with Gasteiger partial charge in [0.1, 0.15) is 6.04 Å². The van der Waals surface area contributed by atoms with Crippen LogP contribution in [0.25, 0.3) is 0 Å². The molecule has 0 heterocycles. The van der Waals surface area contributed by atoms with Gasteiger partial charge in [0.25, 0.3) is 5.91 Å². The Balaban J connectivity index is 2.65. The van der Waals surface area contributed by atoms with E-state index in [4.69, 9.17) is 5.73 Å². The van der Waals surface area contributed by atoms with E-state index in [0.29, 0.717) is 11.3 Å². The number of amides is 4. The van der Waals surface area contributed by atoms with Gasteiger partial charge in [0, 0.05) is 18.3 Å². The third-order valence-corrected chi connectivity index (χ3v) is 2.39. The molecule has 19 heavy (non-hydrogen) atoms. The number of hydrogen-bond donors (Lipinski definition) is 4. The van der Waals surface area contributed by atoms with Crippen LogP contribution >= 0.6 is 0 Å². The molecule has 7 nitrogen and oxygen atoms in total. The van der Waals surface area contributed by atoms with Gasteiger partial charge in [-0.1, -0.05) is 0 Å². The molecule has 0 aromatic heterocycles. The Bertz CT molecular complexity index is 484. The van der Waals surface area contributed by atoms with Crippen molar-refractivity contribution in [2.24, 2.45) is 5.73 Å². The fourth-order valence-corrected chi connectivity index (χ4v) is 1.38. The predicted molar refractivity (Wildman–Crippen MR) is 70.6 cm³/mol.